The zero-order chi connectivity index (χ0) is 17.5. The number of anilines is 2. The number of carbonyl (C=O) groups is 2. The first-order chi connectivity index (χ1) is 11.6. The van der Waals surface area contributed by atoms with Crippen molar-refractivity contribution in [2.45, 2.75) is 39.5 Å². The molecule has 1 unspecified atom stereocenters. The fourth-order valence-corrected chi connectivity index (χ4v) is 2.57. The number of rotatable bonds is 5. The molecule has 0 aliphatic heterocycles. The van der Waals surface area contributed by atoms with Crippen LogP contribution in [0.1, 0.15) is 44.2 Å². The molecule has 0 saturated heterocycles. The van der Waals surface area contributed by atoms with Gasteiger partial charge in [-0.15, -0.1) is 0 Å². The summed E-state index contributed by atoms with van der Waals surface area (Å²) < 4.78 is 0. The van der Waals surface area contributed by atoms with Gasteiger partial charge in [0, 0.05) is 11.4 Å². The number of carbonyl (C=O) groups excluding carboxylic acids is 2. The summed E-state index contributed by atoms with van der Waals surface area (Å²) in [6.07, 6.45) is 1.75. The van der Waals surface area contributed by atoms with E-state index in [1.165, 1.54) is 0 Å². The third-order valence-electron chi connectivity index (χ3n) is 4.20. The predicted octanol–water partition coefficient (Wildman–Crippen LogP) is 4.34. The summed E-state index contributed by atoms with van der Waals surface area (Å²) in [5.74, 6) is -1.00. The minimum absolute atomic E-state index is 0.311. The average Bonchev–Trinajstić information content (AvgIpc) is 2.61. The van der Waals surface area contributed by atoms with Crippen LogP contribution >= 0.6 is 0 Å². The first-order valence-corrected chi connectivity index (χ1v) is 8.35. The highest BCUT2D eigenvalue weighted by molar-refractivity contribution is 6.43. The molecule has 0 aromatic heterocycles. The topological polar surface area (TPSA) is 58.2 Å². The third-order valence-corrected chi connectivity index (χ3v) is 4.20. The van der Waals surface area contributed by atoms with Crippen LogP contribution in [0.25, 0.3) is 0 Å². The molecule has 1 atom stereocenters. The van der Waals surface area contributed by atoms with Gasteiger partial charge in [-0.25, -0.2) is 0 Å². The van der Waals surface area contributed by atoms with E-state index in [4.69, 9.17) is 0 Å². The summed E-state index contributed by atoms with van der Waals surface area (Å²) in [6, 6.07) is 15.1. The van der Waals surface area contributed by atoms with Crippen molar-refractivity contribution in [1.82, 2.24) is 0 Å². The van der Waals surface area contributed by atoms with Gasteiger partial charge in [0.15, 0.2) is 0 Å². The molecule has 24 heavy (non-hydrogen) atoms. The standard InChI is InChI=1S/C20H24N2O2/c1-4-14(3)16-11-7-9-13-18(16)22-20(24)19(23)21-17-12-8-6-10-15(17)5-2/h6-14H,4-5H2,1-3H3,(H,21,23)(H,22,24). The molecule has 0 aliphatic carbocycles. The van der Waals surface area contributed by atoms with Gasteiger partial charge in [-0.05, 0) is 42.0 Å². The summed E-state index contributed by atoms with van der Waals surface area (Å²) in [5, 5.41) is 5.43. The summed E-state index contributed by atoms with van der Waals surface area (Å²) in [7, 11) is 0. The Morgan fingerprint density at radius 1 is 0.875 bits per heavy atom. The van der Waals surface area contributed by atoms with Gasteiger partial charge >= 0.3 is 11.8 Å². The highest BCUT2D eigenvalue weighted by Gasteiger charge is 2.17. The molecule has 2 rings (SSSR count). The first kappa shape index (κ1) is 17.7. The Balaban J connectivity index is 2.11. The first-order valence-electron chi connectivity index (χ1n) is 8.35. The highest BCUT2D eigenvalue weighted by Crippen LogP contribution is 2.26. The van der Waals surface area contributed by atoms with E-state index in [1.54, 1.807) is 6.07 Å². The number of hydrogen-bond donors (Lipinski definition) is 2. The maximum Gasteiger partial charge on any atom is 0.314 e. The monoisotopic (exact) mass is 324 g/mol. The zero-order valence-electron chi connectivity index (χ0n) is 14.4. The minimum Gasteiger partial charge on any atom is -0.318 e. The van der Waals surface area contributed by atoms with Gasteiger partial charge in [-0.2, -0.15) is 0 Å². The molecule has 0 bridgehead atoms. The average molecular weight is 324 g/mol. The van der Waals surface area contributed by atoms with Crippen molar-refractivity contribution in [1.29, 1.82) is 0 Å². The predicted molar refractivity (Wildman–Crippen MR) is 98.2 cm³/mol. The van der Waals surface area contributed by atoms with E-state index >= 15 is 0 Å². The van der Waals surface area contributed by atoms with E-state index in [1.807, 2.05) is 49.4 Å². The number of nitrogens with one attached hydrogen (secondary N) is 2. The Labute approximate surface area is 143 Å². The lowest BCUT2D eigenvalue weighted by Crippen LogP contribution is -2.29. The van der Waals surface area contributed by atoms with Crippen LogP contribution < -0.4 is 10.6 Å². The quantitative estimate of drug-likeness (QED) is 0.804. The maximum absolute atomic E-state index is 12.3. The van der Waals surface area contributed by atoms with Gasteiger partial charge in [0.2, 0.25) is 0 Å². The Morgan fingerprint density at radius 2 is 1.42 bits per heavy atom. The SMILES string of the molecule is CCc1ccccc1NC(=O)C(=O)Nc1ccccc1C(C)CC. The van der Waals surface area contributed by atoms with Gasteiger partial charge < -0.3 is 10.6 Å². The van der Waals surface area contributed by atoms with Crippen LogP contribution in [-0.4, -0.2) is 11.8 Å². The molecular formula is C20H24N2O2. The summed E-state index contributed by atoms with van der Waals surface area (Å²) in [4.78, 5) is 24.5. The van der Waals surface area contributed by atoms with E-state index in [-0.39, 0.29) is 0 Å². The van der Waals surface area contributed by atoms with Crippen molar-refractivity contribution < 1.29 is 9.59 Å². The molecule has 2 amide bonds. The van der Waals surface area contributed by atoms with Gasteiger partial charge in [0.1, 0.15) is 0 Å². The van der Waals surface area contributed by atoms with Crippen LogP contribution in [0, 0.1) is 0 Å². The Kier molecular flexibility index (Phi) is 6.13. The van der Waals surface area contributed by atoms with Crippen LogP contribution in [-0.2, 0) is 16.0 Å². The van der Waals surface area contributed by atoms with Gasteiger partial charge in [-0.3, -0.25) is 9.59 Å². The van der Waals surface area contributed by atoms with E-state index in [0.717, 1.165) is 24.0 Å². The van der Waals surface area contributed by atoms with Crippen LogP contribution in [0.5, 0.6) is 0 Å². The van der Waals surface area contributed by atoms with Crippen molar-refractivity contribution >= 4 is 23.2 Å². The van der Waals surface area contributed by atoms with Crippen molar-refractivity contribution in [3.8, 4) is 0 Å². The molecule has 0 heterocycles. The third kappa shape index (κ3) is 4.22. The van der Waals surface area contributed by atoms with Crippen LogP contribution in [0.3, 0.4) is 0 Å². The number of aryl methyl sites for hydroxylation is 1. The van der Waals surface area contributed by atoms with Crippen molar-refractivity contribution in [3.05, 3.63) is 59.7 Å². The molecule has 4 heteroatoms. The molecule has 126 valence electrons. The Morgan fingerprint density at radius 3 is 2.04 bits per heavy atom. The Hall–Kier alpha value is -2.62. The molecule has 0 spiro atoms. The molecular weight excluding hydrogens is 300 g/mol. The molecule has 2 aromatic rings. The zero-order valence-corrected chi connectivity index (χ0v) is 14.4. The van der Waals surface area contributed by atoms with Gasteiger partial charge in [-0.1, -0.05) is 57.2 Å². The van der Waals surface area contributed by atoms with Crippen LogP contribution in [0.15, 0.2) is 48.5 Å². The van der Waals surface area contributed by atoms with Crippen molar-refractivity contribution in [3.63, 3.8) is 0 Å². The molecule has 0 fully saturated rings. The second kappa shape index (κ2) is 8.29. The highest BCUT2D eigenvalue weighted by atomic mass is 16.2. The fourth-order valence-electron chi connectivity index (χ4n) is 2.57. The molecule has 0 saturated carbocycles. The number of hydrogen-bond acceptors (Lipinski definition) is 2. The normalized spacial score (nSPS) is 11.6. The van der Waals surface area contributed by atoms with E-state index in [0.29, 0.717) is 17.3 Å². The van der Waals surface area contributed by atoms with E-state index in [2.05, 4.69) is 24.5 Å². The van der Waals surface area contributed by atoms with Crippen LogP contribution in [0.4, 0.5) is 11.4 Å². The van der Waals surface area contributed by atoms with Crippen molar-refractivity contribution in [2.75, 3.05) is 10.6 Å². The maximum atomic E-state index is 12.3. The van der Waals surface area contributed by atoms with Crippen molar-refractivity contribution in [2.24, 2.45) is 0 Å². The lowest BCUT2D eigenvalue weighted by Gasteiger charge is -2.15. The molecule has 4 nitrogen and oxygen atoms in total. The lowest BCUT2D eigenvalue weighted by atomic mass is 9.97. The molecule has 0 radical (unpaired) electrons. The second-order valence-corrected chi connectivity index (χ2v) is 5.82. The van der Waals surface area contributed by atoms with E-state index < -0.39 is 11.8 Å². The summed E-state index contributed by atoms with van der Waals surface area (Å²) in [6.45, 7) is 6.20. The minimum atomic E-state index is -0.658. The van der Waals surface area contributed by atoms with E-state index in [9.17, 15) is 9.59 Å². The van der Waals surface area contributed by atoms with Gasteiger partial charge in [0.05, 0.1) is 0 Å². The number of para-hydroxylation sites is 2. The largest absolute Gasteiger partial charge is 0.318 e. The molecule has 2 N–H and O–H groups in total. The van der Waals surface area contributed by atoms with Crippen LogP contribution in [0.2, 0.25) is 0 Å². The number of amides is 2. The Bertz CT molecular complexity index is 725. The molecule has 0 aliphatic rings. The summed E-state index contributed by atoms with van der Waals surface area (Å²) in [5.41, 5.74) is 3.40. The smallest absolute Gasteiger partial charge is 0.314 e. The second-order valence-electron chi connectivity index (χ2n) is 5.82. The number of benzene rings is 2. The summed E-state index contributed by atoms with van der Waals surface area (Å²) >= 11 is 0. The molecule has 2 aromatic carbocycles. The van der Waals surface area contributed by atoms with Gasteiger partial charge in [0.25, 0.3) is 0 Å². The lowest BCUT2D eigenvalue weighted by molar-refractivity contribution is -0.133. The fraction of sp³-hybridized carbons (Fsp3) is 0.300.